The summed E-state index contributed by atoms with van der Waals surface area (Å²) in [7, 11) is 1.83. The number of guanidine groups is 1. The van der Waals surface area contributed by atoms with Gasteiger partial charge in [0.25, 0.3) is 0 Å². The summed E-state index contributed by atoms with van der Waals surface area (Å²) in [6, 6.07) is 15.4. The molecule has 166 valence electrons. The fourth-order valence-corrected chi connectivity index (χ4v) is 4.64. The monoisotopic (exact) mass is 550 g/mol. The van der Waals surface area contributed by atoms with Gasteiger partial charge in [-0.15, -0.1) is 35.3 Å². The predicted octanol–water partition coefficient (Wildman–Crippen LogP) is 4.14. The molecule has 1 fully saturated rings. The fraction of sp³-hybridized carbons (Fsp3) is 0.391. The Kier molecular flexibility index (Phi) is 9.20. The largest absolute Gasteiger partial charge is 0.363 e. The number of piperidine rings is 1. The van der Waals surface area contributed by atoms with Crippen molar-refractivity contribution < 1.29 is 0 Å². The van der Waals surface area contributed by atoms with Gasteiger partial charge in [0.2, 0.25) is 0 Å². The maximum absolute atomic E-state index is 4.53. The normalized spacial score (nSPS) is 14.9. The quantitative estimate of drug-likeness (QED) is 0.264. The lowest BCUT2D eigenvalue weighted by atomic mass is 10.1. The minimum absolute atomic E-state index is 0. The molecule has 1 aliphatic heterocycles. The molecular formula is C23H31IN6S. The van der Waals surface area contributed by atoms with E-state index in [4.69, 9.17) is 0 Å². The first-order valence-electron chi connectivity index (χ1n) is 10.6. The number of aryl methyl sites for hydroxylation is 2. The highest BCUT2D eigenvalue weighted by Crippen LogP contribution is 2.24. The molecule has 1 saturated heterocycles. The Morgan fingerprint density at radius 1 is 1.16 bits per heavy atom. The van der Waals surface area contributed by atoms with E-state index in [1.54, 1.807) is 0 Å². The van der Waals surface area contributed by atoms with Crippen molar-refractivity contribution in [2.75, 3.05) is 25.0 Å². The van der Waals surface area contributed by atoms with Crippen LogP contribution in [0.15, 0.2) is 65.2 Å². The Morgan fingerprint density at radius 2 is 1.97 bits per heavy atom. The number of benzene rings is 1. The van der Waals surface area contributed by atoms with E-state index in [0.29, 0.717) is 12.6 Å². The molecule has 3 aromatic rings. The Hall–Kier alpha value is -2.07. The van der Waals surface area contributed by atoms with Crippen molar-refractivity contribution in [2.24, 2.45) is 4.99 Å². The lowest BCUT2D eigenvalue weighted by molar-refractivity contribution is 0.462. The van der Waals surface area contributed by atoms with Crippen molar-refractivity contribution in [3.63, 3.8) is 0 Å². The van der Waals surface area contributed by atoms with Crippen LogP contribution in [0.5, 0.6) is 0 Å². The molecule has 0 spiro atoms. The van der Waals surface area contributed by atoms with Crippen molar-refractivity contribution in [1.82, 2.24) is 20.2 Å². The summed E-state index contributed by atoms with van der Waals surface area (Å²) < 4.78 is 2.22. The molecule has 8 heteroatoms. The summed E-state index contributed by atoms with van der Waals surface area (Å²) in [5.74, 6) is 1.88. The van der Waals surface area contributed by atoms with Crippen LogP contribution < -0.4 is 15.5 Å². The van der Waals surface area contributed by atoms with Gasteiger partial charge in [-0.3, -0.25) is 4.99 Å². The van der Waals surface area contributed by atoms with Gasteiger partial charge in [0.1, 0.15) is 5.82 Å². The van der Waals surface area contributed by atoms with Gasteiger partial charge in [-0.2, -0.15) is 0 Å². The van der Waals surface area contributed by atoms with E-state index in [0.717, 1.165) is 50.7 Å². The van der Waals surface area contributed by atoms with E-state index >= 15 is 0 Å². The fourth-order valence-electron chi connectivity index (χ4n) is 3.85. The lowest BCUT2D eigenvalue weighted by Gasteiger charge is -2.33. The molecule has 2 N–H and O–H groups in total. The molecule has 0 radical (unpaired) electrons. The zero-order valence-corrected chi connectivity index (χ0v) is 21.1. The minimum Gasteiger partial charge on any atom is -0.363 e. The number of nitrogens with one attached hydrogen (secondary N) is 2. The van der Waals surface area contributed by atoms with Gasteiger partial charge in [-0.1, -0.05) is 30.3 Å². The van der Waals surface area contributed by atoms with Gasteiger partial charge >= 0.3 is 0 Å². The molecular weight excluding hydrogens is 519 g/mol. The third kappa shape index (κ3) is 6.70. The topological polar surface area (TPSA) is 57.5 Å². The molecule has 31 heavy (non-hydrogen) atoms. The summed E-state index contributed by atoms with van der Waals surface area (Å²) in [6.07, 6.45) is 7.16. The van der Waals surface area contributed by atoms with Crippen LogP contribution in [0.1, 0.15) is 24.2 Å². The molecule has 0 amide bonds. The van der Waals surface area contributed by atoms with Gasteiger partial charge in [0.05, 0.1) is 11.5 Å². The first kappa shape index (κ1) is 23.6. The summed E-state index contributed by atoms with van der Waals surface area (Å²) >= 11 is 1.82. The first-order valence-corrected chi connectivity index (χ1v) is 11.5. The average molecular weight is 551 g/mol. The third-order valence-electron chi connectivity index (χ3n) is 5.58. The molecule has 0 unspecified atom stereocenters. The Morgan fingerprint density at radius 3 is 2.68 bits per heavy atom. The number of hydrogen-bond donors (Lipinski definition) is 2. The van der Waals surface area contributed by atoms with Gasteiger partial charge in [-0.25, -0.2) is 4.98 Å². The van der Waals surface area contributed by atoms with Crippen molar-refractivity contribution in [2.45, 2.75) is 38.4 Å². The third-order valence-corrected chi connectivity index (χ3v) is 6.51. The smallest absolute Gasteiger partial charge is 0.191 e. The minimum atomic E-state index is 0. The van der Waals surface area contributed by atoms with Gasteiger partial charge in [0, 0.05) is 45.1 Å². The first-order chi connectivity index (χ1) is 14.8. The van der Waals surface area contributed by atoms with Crippen molar-refractivity contribution in [3.8, 4) is 0 Å². The summed E-state index contributed by atoms with van der Waals surface area (Å²) in [4.78, 5) is 11.4. The van der Waals surface area contributed by atoms with E-state index in [9.17, 15) is 0 Å². The zero-order chi connectivity index (χ0) is 20.6. The molecule has 2 aromatic heterocycles. The van der Waals surface area contributed by atoms with Crippen molar-refractivity contribution in [1.29, 1.82) is 0 Å². The van der Waals surface area contributed by atoms with Crippen LogP contribution in [-0.4, -0.2) is 41.7 Å². The Bertz CT molecular complexity index is 917. The second-order valence-corrected chi connectivity index (χ2v) is 8.48. The molecule has 1 aromatic carbocycles. The maximum Gasteiger partial charge on any atom is 0.191 e. The van der Waals surface area contributed by atoms with E-state index in [1.807, 2.05) is 24.6 Å². The molecule has 1 aliphatic rings. The summed E-state index contributed by atoms with van der Waals surface area (Å²) in [6.45, 7) is 3.75. The molecule has 0 atom stereocenters. The average Bonchev–Trinajstić information content (AvgIpc) is 3.48. The van der Waals surface area contributed by atoms with Crippen molar-refractivity contribution in [3.05, 3.63) is 71.6 Å². The molecule has 0 aliphatic carbocycles. The number of aliphatic imine (C=N–C) groups is 1. The number of hydrogen-bond acceptors (Lipinski definition) is 4. The van der Waals surface area contributed by atoms with Crippen LogP contribution in [0.3, 0.4) is 0 Å². The number of aromatic nitrogens is 2. The van der Waals surface area contributed by atoms with Crippen LogP contribution in [0.25, 0.3) is 0 Å². The Balaban J connectivity index is 0.00000272. The zero-order valence-electron chi connectivity index (χ0n) is 17.9. The summed E-state index contributed by atoms with van der Waals surface area (Å²) in [5, 5.41) is 10.6. The maximum atomic E-state index is 4.53. The number of nitrogens with zero attached hydrogens (tertiary/aromatic N) is 4. The number of imidazole rings is 1. The number of rotatable bonds is 7. The van der Waals surface area contributed by atoms with Crippen LogP contribution >= 0.6 is 35.3 Å². The second kappa shape index (κ2) is 12.1. The van der Waals surface area contributed by atoms with E-state index in [2.05, 4.69) is 84.1 Å². The van der Waals surface area contributed by atoms with E-state index in [1.165, 1.54) is 10.6 Å². The van der Waals surface area contributed by atoms with Crippen LogP contribution in [0, 0.1) is 0 Å². The molecule has 4 rings (SSSR count). The highest BCUT2D eigenvalue weighted by Gasteiger charge is 2.20. The van der Waals surface area contributed by atoms with Crippen LogP contribution in [0.4, 0.5) is 5.00 Å². The van der Waals surface area contributed by atoms with Crippen LogP contribution in [-0.2, 0) is 19.5 Å². The highest BCUT2D eigenvalue weighted by molar-refractivity contribution is 14.0. The lowest BCUT2D eigenvalue weighted by Crippen LogP contribution is -2.48. The number of anilines is 1. The number of halogens is 1. The second-order valence-electron chi connectivity index (χ2n) is 7.56. The van der Waals surface area contributed by atoms with Crippen LogP contribution in [0.2, 0.25) is 0 Å². The summed E-state index contributed by atoms with van der Waals surface area (Å²) in [5.41, 5.74) is 1.34. The van der Waals surface area contributed by atoms with E-state index < -0.39 is 0 Å². The van der Waals surface area contributed by atoms with Gasteiger partial charge < -0.3 is 20.1 Å². The number of thiophene rings is 1. The standard InChI is InChI=1S/C23H30N6S.HI/c1-24-23(27-20-10-14-29(15-11-20)22-8-5-17-30-22)26-18-21-25-12-16-28(21)13-9-19-6-3-2-4-7-19;/h2-8,12,16-17,20H,9-11,13-15,18H2,1H3,(H2,24,26,27);1H. The highest BCUT2D eigenvalue weighted by atomic mass is 127. The molecule has 6 nitrogen and oxygen atoms in total. The molecule has 0 bridgehead atoms. The predicted molar refractivity (Wildman–Crippen MR) is 141 cm³/mol. The van der Waals surface area contributed by atoms with Gasteiger partial charge in [0.15, 0.2) is 5.96 Å². The molecule has 3 heterocycles. The van der Waals surface area contributed by atoms with E-state index in [-0.39, 0.29) is 24.0 Å². The van der Waals surface area contributed by atoms with Gasteiger partial charge in [-0.05, 0) is 42.3 Å². The molecule has 0 saturated carbocycles. The SMILES string of the molecule is CN=C(NCc1nccn1CCc1ccccc1)NC1CCN(c2cccs2)CC1.I. The van der Waals surface area contributed by atoms with Crippen molar-refractivity contribution >= 4 is 46.3 Å². The Labute approximate surface area is 205 Å².